The summed E-state index contributed by atoms with van der Waals surface area (Å²) < 4.78 is 0. The maximum absolute atomic E-state index is 7.42. The van der Waals surface area contributed by atoms with E-state index in [-0.39, 0.29) is 16.2 Å². The molecule has 3 nitrogen and oxygen atoms in total. The lowest BCUT2D eigenvalue weighted by Gasteiger charge is -2.34. The van der Waals surface area contributed by atoms with Crippen molar-refractivity contribution in [3.63, 3.8) is 0 Å². The standard InChI is InChI=1S/C68H86ClN3.C2H6/c1-12-14-16-18-20-25-42-68(43-26-21-19-17-15-13-2)57-44-50(36-40-54(57)55-41-39-53(45-58(55)68)67(9,10)11)28-27-31-60(70)56-46-59(69)61(48(4)34-35-49(5)66(6,7)8)65-64(56)71-63(52-37-32-47(3)33-38-52)62(72-65)51-29-23-22-24-30-51;1-2/h22-24,27-32,34-41,44-47H,12-21,25-26,33,42-43,70H2,1-11H3;1-2H3/b28-27+,48-34+,49-35+,60-31-;. The third-order valence-electron chi connectivity index (χ3n) is 15.7. The molecule has 0 bridgehead atoms. The first-order valence-electron chi connectivity index (χ1n) is 28.8. The minimum absolute atomic E-state index is 0.0125. The number of rotatable bonds is 21. The fraction of sp³-hybridized carbons (Fsp3) is 0.457. The van der Waals surface area contributed by atoms with Gasteiger partial charge in [-0.3, -0.25) is 0 Å². The van der Waals surface area contributed by atoms with Gasteiger partial charge in [-0.15, -0.1) is 0 Å². The molecule has 2 aliphatic carbocycles. The van der Waals surface area contributed by atoms with Gasteiger partial charge in [0.1, 0.15) is 0 Å². The summed E-state index contributed by atoms with van der Waals surface area (Å²) in [5.74, 6) is 0.463. The summed E-state index contributed by atoms with van der Waals surface area (Å²) in [4.78, 5) is 11.1. The van der Waals surface area contributed by atoms with Crippen LogP contribution in [-0.4, -0.2) is 9.97 Å². The van der Waals surface area contributed by atoms with E-state index in [0.717, 1.165) is 56.7 Å². The Balaban J connectivity index is 0.00000440. The molecule has 74 heavy (non-hydrogen) atoms. The highest BCUT2D eigenvalue weighted by molar-refractivity contribution is 6.34. The highest BCUT2D eigenvalue weighted by atomic mass is 35.5. The van der Waals surface area contributed by atoms with E-state index >= 15 is 0 Å². The number of hydrogen-bond donors (Lipinski definition) is 1. The number of halogens is 1. The Morgan fingerprint density at radius 3 is 1.89 bits per heavy atom. The quantitative estimate of drug-likeness (QED) is 0.0589. The molecule has 1 aromatic heterocycles. The summed E-state index contributed by atoms with van der Waals surface area (Å²) in [6.07, 6.45) is 36.4. The van der Waals surface area contributed by atoms with Crippen molar-refractivity contribution in [2.24, 2.45) is 17.1 Å². The highest BCUT2D eigenvalue weighted by Crippen LogP contribution is 2.55. The molecule has 1 unspecified atom stereocenters. The van der Waals surface area contributed by atoms with Gasteiger partial charge in [0.05, 0.1) is 27.4 Å². The molecule has 0 fully saturated rings. The second-order valence-electron chi connectivity index (χ2n) is 23.4. The van der Waals surface area contributed by atoms with Gasteiger partial charge in [-0.2, -0.15) is 0 Å². The van der Waals surface area contributed by atoms with Crippen molar-refractivity contribution < 1.29 is 0 Å². The van der Waals surface area contributed by atoms with Crippen molar-refractivity contribution >= 4 is 45.6 Å². The summed E-state index contributed by atoms with van der Waals surface area (Å²) in [5, 5.41) is 0.597. The second kappa shape index (κ2) is 26.5. The monoisotopic (exact) mass is 1010 g/mol. The molecule has 2 N–H and O–H groups in total. The van der Waals surface area contributed by atoms with Crippen molar-refractivity contribution in [3.05, 3.63) is 165 Å². The van der Waals surface area contributed by atoms with Crippen LogP contribution < -0.4 is 5.73 Å². The van der Waals surface area contributed by atoms with Crippen molar-refractivity contribution in [1.82, 2.24) is 9.97 Å². The van der Waals surface area contributed by atoms with Crippen molar-refractivity contribution in [3.8, 4) is 22.4 Å². The SMILES string of the molecule is CC.CCCCCCCCC1(CCCCCCCC)c2cc(/C=C/C=C(\N)c3cc(Cl)c(/C(C)=C/C=C(\C)C(C)(C)C)c4nc(-c5ccccc5)c(C5=CCC(C)C=C5)nc34)ccc2-c2ccc(C(C)(C)C)cc21. The molecule has 0 aliphatic heterocycles. The van der Waals surface area contributed by atoms with Crippen LogP contribution in [0.3, 0.4) is 0 Å². The number of nitrogens with two attached hydrogens (primary N) is 1. The Labute approximate surface area is 454 Å². The molecular formula is C70H92ClN3. The van der Waals surface area contributed by atoms with E-state index < -0.39 is 0 Å². The fourth-order valence-corrected chi connectivity index (χ4v) is 11.1. The molecule has 0 saturated carbocycles. The van der Waals surface area contributed by atoms with Gasteiger partial charge in [-0.1, -0.05) is 280 Å². The summed E-state index contributed by atoms with van der Waals surface area (Å²) in [6, 6.07) is 27.1. The average molecular weight is 1010 g/mol. The number of nitrogens with zero attached hydrogens (tertiary/aromatic N) is 2. The minimum atomic E-state index is -0.0125. The first kappa shape index (κ1) is 58.0. The zero-order valence-electron chi connectivity index (χ0n) is 48.1. The fourth-order valence-electron chi connectivity index (χ4n) is 10.8. The molecule has 0 amide bonds. The third-order valence-corrected chi connectivity index (χ3v) is 16.0. The molecule has 394 valence electrons. The Morgan fingerprint density at radius 2 is 1.30 bits per heavy atom. The lowest BCUT2D eigenvalue weighted by molar-refractivity contribution is 0.397. The number of aromatic nitrogens is 2. The lowest BCUT2D eigenvalue weighted by atomic mass is 9.69. The molecule has 4 aromatic carbocycles. The third kappa shape index (κ3) is 14.0. The summed E-state index contributed by atoms with van der Waals surface area (Å²) in [6.45, 7) is 29.0. The average Bonchev–Trinajstić information content (AvgIpc) is 3.65. The van der Waals surface area contributed by atoms with E-state index in [1.54, 1.807) is 5.56 Å². The zero-order chi connectivity index (χ0) is 53.6. The van der Waals surface area contributed by atoms with Crippen LogP contribution in [0.5, 0.6) is 0 Å². The van der Waals surface area contributed by atoms with E-state index in [1.165, 1.54) is 123 Å². The van der Waals surface area contributed by atoms with Crippen molar-refractivity contribution in [2.75, 3.05) is 0 Å². The normalized spacial score (nSPS) is 15.8. The summed E-state index contributed by atoms with van der Waals surface area (Å²) in [7, 11) is 0. The molecule has 1 heterocycles. The van der Waals surface area contributed by atoms with Crippen LogP contribution >= 0.6 is 11.6 Å². The molecule has 2 aliphatic rings. The maximum atomic E-state index is 7.42. The Hall–Kier alpha value is -5.25. The molecule has 0 radical (unpaired) electrons. The van der Waals surface area contributed by atoms with Crippen molar-refractivity contribution in [1.29, 1.82) is 0 Å². The van der Waals surface area contributed by atoms with Crippen molar-refractivity contribution in [2.45, 2.75) is 197 Å². The number of unbranched alkanes of at least 4 members (excludes halogenated alkanes) is 10. The van der Waals surface area contributed by atoms with Gasteiger partial charge in [0, 0.05) is 27.8 Å². The molecular weight excluding hydrogens is 918 g/mol. The summed E-state index contributed by atoms with van der Waals surface area (Å²) >= 11 is 7.42. The van der Waals surface area contributed by atoms with E-state index in [9.17, 15) is 0 Å². The predicted molar refractivity (Wildman–Crippen MR) is 328 cm³/mol. The van der Waals surface area contributed by atoms with Gasteiger partial charge in [0.15, 0.2) is 0 Å². The van der Waals surface area contributed by atoms with E-state index in [1.807, 2.05) is 32.1 Å². The van der Waals surface area contributed by atoms with Crippen LogP contribution in [0.25, 0.3) is 56.3 Å². The Bertz CT molecular complexity index is 2850. The van der Waals surface area contributed by atoms with E-state index in [4.69, 9.17) is 27.3 Å². The van der Waals surface area contributed by atoms with Crippen LogP contribution in [0.4, 0.5) is 0 Å². The Morgan fingerprint density at radius 1 is 0.703 bits per heavy atom. The molecule has 4 heteroatoms. The highest BCUT2D eigenvalue weighted by Gasteiger charge is 2.43. The second-order valence-corrected chi connectivity index (χ2v) is 23.8. The smallest absolute Gasteiger partial charge is 0.0995 e. The zero-order valence-corrected chi connectivity index (χ0v) is 48.8. The Kier molecular flexibility index (Phi) is 20.8. The van der Waals surface area contributed by atoms with Gasteiger partial charge in [0.2, 0.25) is 0 Å². The van der Waals surface area contributed by atoms with Gasteiger partial charge in [0.25, 0.3) is 0 Å². The van der Waals surface area contributed by atoms with Gasteiger partial charge < -0.3 is 5.73 Å². The van der Waals surface area contributed by atoms with E-state index in [0.29, 0.717) is 16.6 Å². The van der Waals surface area contributed by atoms with Crippen LogP contribution in [0.1, 0.15) is 225 Å². The van der Waals surface area contributed by atoms with Gasteiger partial charge in [-0.25, -0.2) is 9.97 Å². The lowest BCUT2D eigenvalue weighted by Crippen LogP contribution is -2.26. The molecule has 1 atom stereocenters. The number of fused-ring (bicyclic) bond motifs is 4. The first-order valence-corrected chi connectivity index (χ1v) is 29.1. The molecule has 7 rings (SSSR count). The predicted octanol–water partition coefficient (Wildman–Crippen LogP) is 21.4. The molecule has 5 aromatic rings. The summed E-state index contributed by atoms with van der Waals surface area (Å²) in [5.41, 5.74) is 25.6. The van der Waals surface area contributed by atoms with Crippen LogP contribution in [0, 0.1) is 11.3 Å². The number of allylic oxidation sites excluding steroid dienone is 10. The number of hydrogen-bond acceptors (Lipinski definition) is 3. The van der Waals surface area contributed by atoms with Crippen LogP contribution in [0.15, 0.2) is 121 Å². The first-order chi connectivity index (χ1) is 35.5. The van der Waals surface area contributed by atoms with Crippen LogP contribution in [0.2, 0.25) is 5.02 Å². The topological polar surface area (TPSA) is 51.8 Å². The van der Waals surface area contributed by atoms with Gasteiger partial charge in [-0.05, 0) is 107 Å². The molecule has 0 spiro atoms. The van der Waals surface area contributed by atoms with Crippen LogP contribution in [-0.2, 0) is 10.8 Å². The minimum Gasteiger partial charge on any atom is -0.398 e. The van der Waals surface area contributed by atoms with Gasteiger partial charge >= 0.3 is 0 Å². The largest absolute Gasteiger partial charge is 0.398 e. The number of benzene rings is 4. The maximum Gasteiger partial charge on any atom is 0.0995 e. The molecule has 0 saturated heterocycles. The van der Waals surface area contributed by atoms with E-state index in [2.05, 4.69) is 179 Å².